The Morgan fingerprint density at radius 2 is 1.27 bits per heavy atom. The molecule has 0 aromatic heterocycles. The van der Waals surface area contributed by atoms with E-state index in [-0.39, 0.29) is 83.5 Å². The average Bonchev–Trinajstić information content (AvgIpc) is 3.63. The lowest BCUT2D eigenvalue weighted by atomic mass is 9.20. The van der Waals surface area contributed by atoms with Gasteiger partial charge in [0.1, 0.15) is 5.78 Å². The summed E-state index contributed by atoms with van der Waals surface area (Å²) < 4.78 is 0. The first-order valence-electron chi connectivity index (χ1n) is 12.9. The number of fused-ring (bicyclic) bond motifs is 12. The standard InChI is InChI=1S/C23H29B3N2O5/c1-26(25-24)28-19(31)14-10-6-12(16(14)20(28)32)23(8-10)4-3-22(21(23)33)7-9-5-11(22)15-13(9)17(29)27(2)18(15)30/h9-16,25H,3-8,24H2,1-2H3/t9?,10-,11+,12?,13?,14-,15-,16?,22?,23-/m0/s1. The normalized spacial score (nSPS) is 51.2. The second-order valence-corrected chi connectivity index (χ2v) is 12.4. The van der Waals surface area contributed by atoms with Crippen molar-refractivity contribution in [2.45, 2.75) is 45.3 Å². The average molecular weight is 446 g/mol. The van der Waals surface area contributed by atoms with Crippen LogP contribution in [0.3, 0.4) is 0 Å². The number of amides is 4. The van der Waals surface area contributed by atoms with Crippen molar-refractivity contribution in [3.8, 4) is 0 Å². The number of hydrogen-bond donors (Lipinski definition) is 0. The van der Waals surface area contributed by atoms with Gasteiger partial charge in [-0.15, -0.1) is 0 Å². The summed E-state index contributed by atoms with van der Waals surface area (Å²) in [6.07, 6.45) is 4.62. The molecule has 7 nitrogen and oxygen atoms in total. The van der Waals surface area contributed by atoms with Crippen LogP contribution in [0.15, 0.2) is 0 Å². The fourth-order valence-corrected chi connectivity index (χ4v) is 10.4. The third-order valence-corrected chi connectivity index (χ3v) is 11.7. The first kappa shape index (κ1) is 20.5. The molecule has 4 bridgehead atoms. The van der Waals surface area contributed by atoms with E-state index in [2.05, 4.69) is 0 Å². The number of carbonyl (C=O) groups excluding carboxylic acids is 5. The van der Waals surface area contributed by atoms with Crippen LogP contribution in [-0.2, 0) is 24.0 Å². The van der Waals surface area contributed by atoms with Crippen LogP contribution < -0.4 is 0 Å². The zero-order valence-electron chi connectivity index (χ0n) is 19.6. The van der Waals surface area contributed by atoms with Crippen molar-refractivity contribution >= 4 is 50.9 Å². The summed E-state index contributed by atoms with van der Waals surface area (Å²) in [5.74, 6) is -0.898. The predicted molar refractivity (Wildman–Crippen MR) is 122 cm³/mol. The molecule has 10 atom stereocenters. The van der Waals surface area contributed by atoms with Gasteiger partial charge in [0.25, 0.3) is 0 Å². The molecule has 4 amide bonds. The first-order valence-corrected chi connectivity index (χ1v) is 12.9. The molecule has 0 N–H and O–H groups in total. The second kappa shape index (κ2) is 6.03. The van der Waals surface area contributed by atoms with Gasteiger partial charge < -0.3 is 4.81 Å². The molecule has 0 aromatic rings. The summed E-state index contributed by atoms with van der Waals surface area (Å²) >= 11 is 0. The zero-order chi connectivity index (χ0) is 23.2. The fourth-order valence-electron chi connectivity index (χ4n) is 10.4. The lowest BCUT2D eigenvalue weighted by molar-refractivity contribution is -0.145. The highest BCUT2D eigenvalue weighted by Gasteiger charge is 2.78. The van der Waals surface area contributed by atoms with Gasteiger partial charge in [0.2, 0.25) is 30.4 Å². The molecular formula is C23H29B3N2O5. The van der Waals surface area contributed by atoms with E-state index in [0.29, 0.717) is 0 Å². The maximum Gasteiger partial charge on any atom is 0.233 e. The topological polar surface area (TPSA) is 91.8 Å². The maximum absolute atomic E-state index is 14.4. The molecular weight excluding hydrogens is 417 g/mol. The highest BCUT2D eigenvalue weighted by atomic mass is 16.2. The zero-order valence-corrected chi connectivity index (χ0v) is 19.6. The van der Waals surface area contributed by atoms with Gasteiger partial charge in [0.15, 0.2) is 0 Å². The third kappa shape index (κ3) is 2.00. The Balaban J connectivity index is 1.22. The van der Waals surface area contributed by atoms with Crippen LogP contribution in [-0.4, -0.2) is 67.7 Å². The highest BCUT2D eigenvalue weighted by Crippen LogP contribution is 2.75. The van der Waals surface area contributed by atoms with Gasteiger partial charge in [-0.2, -0.15) is 0 Å². The van der Waals surface area contributed by atoms with Gasteiger partial charge >= 0.3 is 0 Å². The minimum Gasteiger partial charge on any atom is -0.338 e. The lowest BCUT2D eigenvalue weighted by Gasteiger charge is -2.42. The molecule has 5 unspecified atom stereocenters. The molecule has 170 valence electrons. The molecule has 5 aliphatic carbocycles. The molecule has 10 heteroatoms. The number of rotatable bonds is 2. The molecule has 2 aliphatic heterocycles. The molecule has 7 aliphatic rings. The van der Waals surface area contributed by atoms with Gasteiger partial charge in [0, 0.05) is 17.9 Å². The molecule has 7 rings (SSSR count). The number of ketones is 1. The van der Waals surface area contributed by atoms with Gasteiger partial charge in [-0.1, -0.05) is 6.82 Å². The van der Waals surface area contributed by atoms with Crippen LogP contribution in [0.4, 0.5) is 0 Å². The summed E-state index contributed by atoms with van der Waals surface area (Å²) in [5.41, 5.74) is -1.01. The van der Waals surface area contributed by atoms with E-state index in [1.54, 1.807) is 7.05 Å². The maximum atomic E-state index is 14.4. The summed E-state index contributed by atoms with van der Waals surface area (Å²) in [6, 6.07) is 0. The SMILES string of the molecule is BBB(C)N1C(=O)C2C3C[C@@H](C[C@@]34CCC3(CC5C[C@@H]3[C@@H]3C(=O)N(C)C(=O)C53)C4=O)[C@@H]2C1=O. The minimum atomic E-state index is -0.509. The van der Waals surface area contributed by atoms with Crippen LogP contribution in [0.5, 0.6) is 0 Å². The van der Waals surface area contributed by atoms with Crippen LogP contribution in [0, 0.1) is 58.2 Å². The minimum absolute atomic E-state index is 0.0114. The highest BCUT2D eigenvalue weighted by molar-refractivity contribution is 7.30. The number of carbonyl (C=O) groups is 5. The largest absolute Gasteiger partial charge is 0.338 e. The molecule has 5 saturated carbocycles. The van der Waals surface area contributed by atoms with Crippen molar-refractivity contribution < 1.29 is 24.0 Å². The Labute approximate surface area is 195 Å². The summed E-state index contributed by atoms with van der Waals surface area (Å²) in [5, 5.41) is 0. The van der Waals surface area contributed by atoms with E-state index in [1.165, 1.54) is 9.71 Å². The van der Waals surface area contributed by atoms with Gasteiger partial charge in [-0.05, 0) is 62.2 Å². The van der Waals surface area contributed by atoms with E-state index in [0.717, 1.165) is 45.6 Å². The Morgan fingerprint density at radius 3 is 1.82 bits per heavy atom. The monoisotopic (exact) mass is 446 g/mol. The van der Waals surface area contributed by atoms with Crippen molar-refractivity contribution in [1.29, 1.82) is 0 Å². The Hall–Kier alpha value is -1.86. The van der Waals surface area contributed by atoms with Crippen molar-refractivity contribution in [2.75, 3.05) is 7.05 Å². The van der Waals surface area contributed by atoms with Crippen molar-refractivity contribution in [1.82, 2.24) is 9.71 Å². The number of Topliss-reactive ketones (excluding diaryl/α,β-unsaturated/α-hetero) is 1. The van der Waals surface area contributed by atoms with Gasteiger partial charge in [-0.25, -0.2) is 0 Å². The molecule has 2 saturated heterocycles. The van der Waals surface area contributed by atoms with Crippen LogP contribution in [0.2, 0.25) is 6.82 Å². The summed E-state index contributed by atoms with van der Waals surface area (Å²) in [6.45, 7) is 1.84. The molecule has 0 radical (unpaired) electrons. The predicted octanol–water partition coefficient (Wildman–Crippen LogP) is -0.663. The second-order valence-electron chi connectivity index (χ2n) is 12.4. The number of hydrogen-bond acceptors (Lipinski definition) is 5. The van der Waals surface area contributed by atoms with Gasteiger partial charge in [0.05, 0.1) is 38.5 Å². The molecule has 2 heterocycles. The number of nitrogens with zero attached hydrogens (tertiary/aromatic N) is 2. The van der Waals surface area contributed by atoms with Crippen molar-refractivity contribution in [2.24, 2.45) is 58.2 Å². The van der Waals surface area contributed by atoms with E-state index < -0.39 is 10.8 Å². The molecule has 7 fully saturated rings. The van der Waals surface area contributed by atoms with Crippen molar-refractivity contribution in [3.63, 3.8) is 0 Å². The van der Waals surface area contributed by atoms with Crippen LogP contribution in [0.25, 0.3) is 0 Å². The fraction of sp³-hybridized carbons (Fsp3) is 0.783. The lowest BCUT2D eigenvalue weighted by Crippen LogP contribution is -2.49. The number of imide groups is 2. The Kier molecular flexibility index (Phi) is 3.75. The molecule has 2 spiro atoms. The van der Waals surface area contributed by atoms with E-state index in [1.807, 2.05) is 14.6 Å². The first-order chi connectivity index (χ1) is 15.7. The third-order valence-electron chi connectivity index (χ3n) is 11.7. The van der Waals surface area contributed by atoms with Gasteiger partial charge in [-0.3, -0.25) is 28.9 Å². The van der Waals surface area contributed by atoms with Crippen molar-refractivity contribution in [3.05, 3.63) is 0 Å². The van der Waals surface area contributed by atoms with Crippen LogP contribution >= 0.6 is 0 Å². The summed E-state index contributed by atoms with van der Waals surface area (Å²) in [7, 11) is 4.32. The van der Waals surface area contributed by atoms with E-state index in [9.17, 15) is 24.0 Å². The van der Waals surface area contributed by atoms with E-state index >= 15 is 0 Å². The Morgan fingerprint density at radius 1 is 0.818 bits per heavy atom. The quantitative estimate of drug-likeness (QED) is 0.415. The number of likely N-dealkylation sites (tertiary alicyclic amines) is 1. The molecule has 33 heavy (non-hydrogen) atoms. The Bertz CT molecular complexity index is 1070. The summed E-state index contributed by atoms with van der Waals surface area (Å²) in [4.78, 5) is 69.5. The van der Waals surface area contributed by atoms with E-state index in [4.69, 9.17) is 0 Å². The van der Waals surface area contributed by atoms with Crippen LogP contribution in [0.1, 0.15) is 38.5 Å². The smallest absolute Gasteiger partial charge is 0.233 e. The molecule has 0 aromatic carbocycles.